The van der Waals surface area contributed by atoms with E-state index in [1.54, 1.807) is 0 Å². The summed E-state index contributed by atoms with van der Waals surface area (Å²) in [6.07, 6.45) is 2.30. The van der Waals surface area contributed by atoms with Crippen LogP contribution in [-0.2, 0) is 0 Å². The second-order valence-electron chi connectivity index (χ2n) is 7.59. The van der Waals surface area contributed by atoms with E-state index in [-0.39, 0.29) is 17.5 Å². The van der Waals surface area contributed by atoms with Crippen LogP contribution in [0.1, 0.15) is 60.0 Å². The number of aromatic nitrogens is 1. The fourth-order valence-electron chi connectivity index (χ4n) is 3.85. The van der Waals surface area contributed by atoms with Crippen LogP contribution in [0.25, 0.3) is 0 Å². The van der Waals surface area contributed by atoms with Gasteiger partial charge in [-0.1, -0.05) is 30.3 Å². The molecule has 2 aromatic rings. The molecule has 0 spiro atoms. The summed E-state index contributed by atoms with van der Waals surface area (Å²) in [5.41, 5.74) is 9.74. The third-order valence-electron chi connectivity index (χ3n) is 5.70. The molecule has 2 unspecified atom stereocenters. The van der Waals surface area contributed by atoms with Gasteiger partial charge in [0.15, 0.2) is 0 Å². The number of hydrogen-bond acceptors (Lipinski definition) is 2. The molecule has 1 aromatic heterocycles. The molecule has 0 saturated heterocycles. The molecular weight excluding hydrogens is 310 g/mol. The minimum atomic E-state index is -0.301. The highest BCUT2D eigenvalue weighted by Gasteiger charge is 2.42. The van der Waals surface area contributed by atoms with E-state index in [1.165, 1.54) is 5.56 Å². The van der Waals surface area contributed by atoms with E-state index in [0.29, 0.717) is 12.5 Å². The number of nitrogens with one attached hydrogen (secondary N) is 1. The lowest BCUT2D eigenvalue weighted by Crippen LogP contribution is -2.53. The number of amides is 1. The van der Waals surface area contributed by atoms with E-state index < -0.39 is 0 Å². The predicted octanol–water partition coefficient (Wildman–Crippen LogP) is 3.57. The van der Waals surface area contributed by atoms with Crippen molar-refractivity contribution in [3.63, 3.8) is 0 Å². The van der Waals surface area contributed by atoms with Crippen molar-refractivity contribution < 1.29 is 4.79 Å². The quantitative estimate of drug-likeness (QED) is 0.845. The lowest BCUT2D eigenvalue weighted by atomic mass is 9.95. The van der Waals surface area contributed by atoms with Gasteiger partial charge in [0.05, 0.1) is 17.1 Å². The van der Waals surface area contributed by atoms with Crippen LogP contribution >= 0.6 is 0 Å². The van der Waals surface area contributed by atoms with Crippen molar-refractivity contribution in [1.82, 2.24) is 9.88 Å². The fraction of sp³-hybridized carbons (Fsp3) is 0.476. The second-order valence-corrected chi connectivity index (χ2v) is 7.59. The molecule has 1 heterocycles. The van der Waals surface area contributed by atoms with Crippen molar-refractivity contribution in [3.05, 3.63) is 58.9 Å². The largest absolute Gasteiger partial charge is 0.345 e. The Kier molecular flexibility index (Phi) is 4.74. The highest BCUT2D eigenvalue weighted by molar-refractivity contribution is 5.96. The number of aryl methyl sites for hydroxylation is 1. The predicted molar refractivity (Wildman–Crippen MR) is 102 cm³/mol. The van der Waals surface area contributed by atoms with Crippen LogP contribution in [-0.4, -0.2) is 22.6 Å². The smallest absolute Gasteiger partial charge is 0.253 e. The van der Waals surface area contributed by atoms with Gasteiger partial charge in [0, 0.05) is 17.9 Å². The maximum atomic E-state index is 12.9. The van der Waals surface area contributed by atoms with Crippen molar-refractivity contribution in [2.24, 2.45) is 11.7 Å². The molecule has 0 bridgehead atoms. The fourth-order valence-corrected chi connectivity index (χ4v) is 3.85. The average molecular weight is 339 g/mol. The Morgan fingerprint density at radius 1 is 1.32 bits per heavy atom. The van der Waals surface area contributed by atoms with Gasteiger partial charge in [-0.3, -0.25) is 4.79 Å². The number of carbonyl (C=O) groups excluding carboxylic acids is 1. The SMILES string of the molecule is Cc1cc(C(=O)NC(C)(CN)C2CC2)c(C)n1C(C)c1ccccc1. The highest BCUT2D eigenvalue weighted by Crippen LogP contribution is 2.39. The van der Waals surface area contributed by atoms with Gasteiger partial charge < -0.3 is 15.6 Å². The number of carbonyl (C=O) groups is 1. The van der Waals surface area contributed by atoms with E-state index in [2.05, 4.69) is 54.9 Å². The van der Waals surface area contributed by atoms with Crippen LogP contribution in [0.5, 0.6) is 0 Å². The van der Waals surface area contributed by atoms with Crippen LogP contribution in [0.4, 0.5) is 0 Å². The normalized spacial score (nSPS) is 17.8. The van der Waals surface area contributed by atoms with Gasteiger partial charge in [0.1, 0.15) is 0 Å². The van der Waals surface area contributed by atoms with Gasteiger partial charge in [0.25, 0.3) is 5.91 Å². The molecule has 0 aliphatic heterocycles. The third-order valence-corrected chi connectivity index (χ3v) is 5.70. The zero-order chi connectivity index (χ0) is 18.2. The topological polar surface area (TPSA) is 60.1 Å². The van der Waals surface area contributed by atoms with Gasteiger partial charge in [-0.15, -0.1) is 0 Å². The van der Waals surface area contributed by atoms with Gasteiger partial charge in [-0.25, -0.2) is 0 Å². The summed E-state index contributed by atoms with van der Waals surface area (Å²) in [7, 11) is 0. The first-order valence-electron chi connectivity index (χ1n) is 9.13. The molecular formula is C21H29N3O. The summed E-state index contributed by atoms with van der Waals surface area (Å²) < 4.78 is 2.24. The summed E-state index contributed by atoms with van der Waals surface area (Å²) in [4.78, 5) is 12.9. The lowest BCUT2D eigenvalue weighted by Gasteiger charge is -2.29. The molecule has 1 amide bonds. The van der Waals surface area contributed by atoms with E-state index in [1.807, 2.05) is 19.1 Å². The average Bonchev–Trinajstić information content (AvgIpc) is 3.41. The van der Waals surface area contributed by atoms with Crippen molar-refractivity contribution in [2.75, 3.05) is 6.54 Å². The van der Waals surface area contributed by atoms with Gasteiger partial charge in [-0.2, -0.15) is 0 Å². The van der Waals surface area contributed by atoms with Crippen LogP contribution in [0.2, 0.25) is 0 Å². The number of nitrogens with two attached hydrogens (primary N) is 1. The first-order chi connectivity index (χ1) is 11.9. The highest BCUT2D eigenvalue weighted by atomic mass is 16.1. The number of benzene rings is 1. The number of hydrogen-bond donors (Lipinski definition) is 2. The Morgan fingerprint density at radius 2 is 1.96 bits per heavy atom. The third kappa shape index (κ3) is 3.36. The summed E-state index contributed by atoms with van der Waals surface area (Å²) in [6, 6.07) is 12.6. The molecule has 1 aliphatic carbocycles. The molecule has 1 saturated carbocycles. The molecule has 134 valence electrons. The van der Waals surface area contributed by atoms with Gasteiger partial charge >= 0.3 is 0 Å². The molecule has 1 fully saturated rings. The summed E-state index contributed by atoms with van der Waals surface area (Å²) in [6.45, 7) is 8.80. The van der Waals surface area contributed by atoms with E-state index in [9.17, 15) is 4.79 Å². The van der Waals surface area contributed by atoms with Crippen LogP contribution < -0.4 is 11.1 Å². The first kappa shape index (κ1) is 17.7. The van der Waals surface area contributed by atoms with Crippen molar-refractivity contribution in [2.45, 2.75) is 52.1 Å². The number of rotatable bonds is 6. The molecule has 2 atom stereocenters. The second kappa shape index (κ2) is 6.68. The Bertz CT molecular complexity index is 761. The minimum absolute atomic E-state index is 0.0144. The van der Waals surface area contributed by atoms with Gasteiger partial charge in [-0.05, 0) is 58.1 Å². The Balaban J connectivity index is 1.88. The molecule has 25 heavy (non-hydrogen) atoms. The minimum Gasteiger partial charge on any atom is -0.345 e. The lowest BCUT2D eigenvalue weighted by molar-refractivity contribution is 0.0897. The monoisotopic (exact) mass is 339 g/mol. The molecule has 0 radical (unpaired) electrons. The van der Waals surface area contributed by atoms with Crippen LogP contribution in [0, 0.1) is 19.8 Å². The van der Waals surface area contributed by atoms with Crippen LogP contribution in [0.3, 0.4) is 0 Å². The van der Waals surface area contributed by atoms with Crippen molar-refractivity contribution >= 4 is 5.91 Å². The molecule has 3 N–H and O–H groups in total. The van der Waals surface area contributed by atoms with Crippen LogP contribution in [0.15, 0.2) is 36.4 Å². The molecule has 3 rings (SSSR count). The summed E-state index contributed by atoms with van der Waals surface area (Å²) >= 11 is 0. The maximum Gasteiger partial charge on any atom is 0.253 e. The first-order valence-corrected chi connectivity index (χ1v) is 9.13. The molecule has 1 aliphatic rings. The zero-order valence-corrected chi connectivity index (χ0v) is 15.7. The Hall–Kier alpha value is -2.07. The molecule has 4 heteroatoms. The summed E-state index contributed by atoms with van der Waals surface area (Å²) in [5.74, 6) is 0.493. The summed E-state index contributed by atoms with van der Waals surface area (Å²) in [5, 5.41) is 3.20. The molecule has 4 nitrogen and oxygen atoms in total. The van der Waals surface area contributed by atoms with E-state index in [0.717, 1.165) is 29.8 Å². The standard InChI is InChI=1S/C21H29N3O/c1-14-12-19(20(25)23-21(4,13-22)18-10-11-18)16(3)24(14)15(2)17-8-6-5-7-9-17/h5-9,12,15,18H,10-11,13,22H2,1-4H3,(H,23,25). The van der Waals surface area contributed by atoms with Crippen molar-refractivity contribution in [3.8, 4) is 0 Å². The molecule has 1 aromatic carbocycles. The van der Waals surface area contributed by atoms with Gasteiger partial charge in [0.2, 0.25) is 0 Å². The Labute approximate surface area is 150 Å². The Morgan fingerprint density at radius 3 is 2.52 bits per heavy atom. The van der Waals surface area contributed by atoms with Crippen molar-refractivity contribution in [1.29, 1.82) is 0 Å². The number of nitrogens with zero attached hydrogens (tertiary/aromatic N) is 1. The van der Waals surface area contributed by atoms with E-state index in [4.69, 9.17) is 5.73 Å². The van der Waals surface area contributed by atoms with E-state index >= 15 is 0 Å². The maximum absolute atomic E-state index is 12.9. The zero-order valence-electron chi connectivity index (χ0n) is 15.7.